The van der Waals surface area contributed by atoms with Crippen LogP contribution in [0.5, 0.6) is 0 Å². The Labute approximate surface area is 184 Å². The van der Waals surface area contributed by atoms with Crippen LogP contribution < -0.4 is 9.62 Å². The number of hydrogen-bond donors (Lipinski definition) is 1. The number of aryl methyl sites for hydroxylation is 2. The van der Waals surface area contributed by atoms with Gasteiger partial charge in [-0.25, -0.2) is 12.8 Å². The molecule has 1 amide bonds. The molecule has 0 aliphatic carbocycles. The smallest absolute Gasteiger partial charge is 0.271 e. The number of sulfonamides is 1. The Bertz CT molecular complexity index is 1260. The molecule has 0 radical (unpaired) electrons. The summed E-state index contributed by atoms with van der Waals surface area (Å²) in [5, 5.41) is 13.6. The highest BCUT2D eigenvalue weighted by atomic mass is 32.2. The van der Waals surface area contributed by atoms with E-state index in [1.54, 1.807) is 19.1 Å². The largest absolute Gasteiger partial charge is 0.324 e. The SMILES string of the molecule is Cc1ccc(S(=O)(=O)N(CC(=O)Nc2cc([N+](=O)[O-])ccc2C)c2ccc(F)cc2)cc1. The molecule has 0 bridgehead atoms. The lowest BCUT2D eigenvalue weighted by molar-refractivity contribution is -0.384. The minimum atomic E-state index is -4.16. The van der Waals surface area contributed by atoms with Crippen LogP contribution in [-0.4, -0.2) is 25.8 Å². The van der Waals surface area contributed by atoms with E-state index >= 15 is 0 Å². The summed E-state index contributed by atoms with van der Waals surface area (Å²) in [6.45, 7) is 2.84. The Morgan fingerprint density at radius 1 is 1.03 bits per heavy atom. The van der Waals surface area contributed by atoms with Crippen LogP contribution in [0.2, 0.25) is 0 Å². The van der Waals surface area contributed by atoms with Gasteiger partial charge >= 0.3 is 0 Å². The zero-order valence-electron chi connectivity index (χ0n) is 17.3. The van der Waals surface area contributed by atoms with Crippen molar-refractivity contribution in [3.8, 4) is 0 Å². The van der Waals surface area contributed by atoms with E-state index in [1.807, 2.05) is 6.92 Å². The lowest BCUT2D eigenvalue weighted by Gasteiger charge is -2.24. The number of anilines is 2. The van der Waals surface area contributed by atoms with E-state index < -0.39 is 33.2 Å². The van der Waals surface area contributed by atoms with Gasteiger partial charge in [0.15, 0.2) is 0 Å². The highest BCUT2D eigenvalue weighted by Crippen LogP contribution is 2.26. The second kappa shape index (κ2) is 9.15. The third kappa shape index (κ3) is 5.09. The molecule has 3 aromatic carbocycles. The lowest BCUT2D eigenvalue weighted by atomic mass is 10.2. The number of halogens is 1. The quantitative estimate of drug-likeness (QED) is 0.423. The van der Waals surface area contributed by atoms with Crippen molar-refractivity contribution in [2.45, 2.75) is 18.7 Å². The molecule has 0 aliphatic rings. The standard InChI is InChI=1S/C22H20FN3O5S/c1-15-3-11-20(12-4-15)32(30,31)25(18-9-6-17(23)7-10-18)14-22(27)24-21-13-19(26(28)29)8-5-16(21)2/h3-13H,14H2,1-2H3,(H,24,27). The van der Waals surface area contributed by atoms with Crippen molar-refractivity contribution in [2.24, 2.45) is 0 Å². The van der Waals surface area contributed by atoms with Gasteiger partial charge < -0.3 is 5.32 Å². The van der Waals surface area contributed by atoms with Gasteiger partial charge in [-0.3, -0.25) is 19.2 Å². The molecule has 166 valence electrons. The van der Waals surface area contributed by atoms with E-state index in [1.165, 1.54) is 42.5 Å². The molecular weight excluding hydrogens is 437 g/mol. The molecule has 8 nitrogen and oxygen atoms in total. The fraction of sp³-hybridized carbons (Fsp3) is 0.136. The molecule has 0 aromatic heterocycles. The summed E-state index contributed by atoms with van der Waals surface area (Å²) in [5.41, 5.74) is 1.50. The van der Waals surface area contributed by atoms with Gasteiger partial charge in [0.25, 0.3) is 15.7 Å². The molecule has 0 spiro atoms. The van der Waals surface area contributed by atoms with Gasteiger partial charge in [0.05, 0.1) is 21.2 Å². The summed E-state index contributed by atoms with van der Waals surface area (Å²) in [5.74, 6) is -1.27. The zero-order chi connectivity index (χ0) is 23.5. The molecule has 0 aliphatic heterocycles. The van der Waals surface area contributed by atoms with E-state index in [4.69, 9.17) is 0 Å². The number of nitro groups is 1. The predicted molar refractivity (Wildman–Crippen MR) is 119 cm³/mol. The maximum Gasteiger partial charge on any atom is 0.271 e. The van der Waals surface area contributed by atoms with Gasteiger partial charge in [0, 0.05) is 12.1 Å². The van der Waals surface area contributed by atoms with Crippen LogP contribution in [0.3, 0.4) is 0 Å². The Morgan fingerprint density at radius 3 is 2.25 bits per heavy atom. The third-order valence-corrected chi connectivity index (χ3v) is 6.50. The molecular formula is C22H20FN3O5S. The topological polar surface area (TPSA) is 110 Å². The molecule has 0 saturated heterocycles. The minimum absolute atomic E-state index is 0.0354. The van der Waals surface area contributed by atoms with Gasteiger partial charge in [0.2, 0.25) is 5.91 Å². The third-order valence-electron chi connectivity index (χ3n) is 4.72. The molecule has 10 heteroatoms. The number of benzene rings is 3. The average Bonchev–Trinajstić information content (AvgIpc) is 2.74. The second-order valence-corrected chi connectivity index (χ2v) is 8.97. The summed E-state index contributed by atoms with van der Waals surface area (Å²) in [7, 11) is -4.16. The van der Waals surface area contributed by atoms with Crippen LogP contribution in [0.4, 0.5) is 21.5 Å². The van der Waals surface area contributed by atoms with Crippen LogP contribution in [-0.2, 0) is 14.8 Å². The van der Waals surface area contributed by atoms with Crippen LogP contribution in [0.25, 0.3) is 0 Å². The highest BCUT2D eigenvalue weighted by Gasteiger charge is 2.27. The average molecular weight is 457 g/mol. The molecule has 0 atom stereocenters. The Kier molecular flexibility index (Phi) is 6.54. The van der Waals surface area contributed by atoms with Gasteiger partial charge in [0.1, 0.15) is 12.4 Å². The van der Waals surface area contributed by atoms with Gasteiger partial charge in [-0.15, -0.1) is 0 Å². The van der Waals surface area contributed by atoms with E-state index in [-0.39, 0.29) is 22.0 Å². The van der Waals surface area contributed by atoms with E-state index in [0.29, 0.717) is 5.56 Å². The van der Waals surface area contributed by atoms with Crippen molar-refractivity contribution in [1.82, 2.24) is 0 Å². The number of non-ortho nitro benzene ring substituents is 1. The van der Waals surface area contributed by atoms with Crippen molar-refractivity contribution < 1.29 is 22.5 Å². The Morgan fingerprint density at radius 2 is 1.66 bits per heavy atom. The van der Waals surface area contributed by atoms with E-state index in [2.05, 4.69) is 5.32 Å². The van der Waals surface area contributed by atoms with Crippen molar-refractivity contribution >= 4 is 33.0 Å². The summed E-state index contributed by atoms with van der Waals surface area (Å²) >= 11 is 0. The molecule has 0 unspecified atom stereocenters. The summed E-state index contributed by atoms with van der Waals surface area (Å²) in [6.07, 6.45) is 0. The Hall–Kier alpha value is -3.79. The number of hydrogen-bond acceptors (Lipinski definition) is 5. The van der Waals surface area contributed by atoms with Gasteiger partial charge in [-0.2, -0.15) is 0 Å². The number of nitrogens with zero attached hydrogens (tertiary/aromatic N) is 2. The van der Waals surface area contributed by atoms with E-state index in [0.717, 1.165) is 22.0 Å². The predicted octanol–water partition coefficient (Wildman–Crippen LogP) is 4.18. The van der Waals surface area contributed by atoms with Crippen LogP contribution in [0.1, 0.15) is 11.1 Å². The maximum atomic E-state index is 13.4. The molecule has 1 N–H and O–H groups in total. The molecule has 3 rings (SSSR count). The second-order valence-electron chi connectivity index (χ2n) is 7.11. The molecule has 0 fully saturated rings. The van der Waals surface area contributed by atoms with Gasteiger partial charge in [-0.05, 0) is 55.8 Å². The first-order valence-corrected chi connectivity index (χ1v) is 10.9. The summed E-state index contributed by atoms with van der Waals surface area (Å²) in [4.78, 5) is 23.2. The minimum Gasteiger partial charge on any atom is -0.324 e. The Balaban J connectivity index is 1.95. The van der Waals surface area contributed by atoms with Crippen molar-refractivity contribution in [3.63, 3.8) is 0 Å². The van der Waals surface area contributed by atoms with Crippen molar-refractivity contribution in [1.29, 1.82) is 0 Å². The first-order valence-electron chi connectivity index (χ1n) is 9.48. The summed E-state index contributed by atoms with van der Waals surface area (Å²) < 4.78 is 40.8. The fourth-order valence-corrected chi connectivity index (χ4v) is 4.36. The van der Waals surface area contributed by atoms with Gasteiger partial charge in [-0.1, -0.05) is 23.8 Å². The normalized spacial score (nSPS) is 11.1. The number of carbonyl (C=O) groups is 1. The van der Waals surface area contributed by atoms with E-state index in [9.17, 15) is 27.7 Å². The zero-order valence-corrected chi connectivity index (χ0v) is 18.1. The molecule has 32 heavy (non-hydrogen) atoms. The molecule has 0 heterocycles. The fourth-order valence-electron chi connectivity index (χ4n) is 2.94. The van der Waals surface area contributed by atoms with Crippen molar-refractivity contribution in [2.75, 3.05) is 16.2 Å². The highest BCUT2D eigenvalue weighted by molar-refractivity contribution is 7.92. The number of amides is 1. The van der Waals surface area contributed by atoms with Crippen molar-refractivity contribution in [3.05, 3.63) is 93.8 Å². The number of rotatable bonds is 7. The molecule has 3 aromatic rings. The number of nitro benzene ring substituents is 1. The number of carbonyl (C=O) groups excluding carboxylic acids is 1. The van der Waals surface area contributed by atoms with Crippen LogP contribution >= 0.6 is 0 Å². The lowest BCUT2D eigenvalue weighted by Crippen LogP contribution is -2.38. The maximum absolute atomic E-state index is 13.4. The number of nitrogens with one attached hydrogen (secondary N) is 1. The monoisotopic (exact) mass is 457 g/mol. The summed E-state index contributed by atoms with van der Waals surface area (Å²) in [6, 6.07) is 14.8. The van der Waals surface area contributed by atoms with Crippen LogP contribution in [0.15, 0.2) is 71.6 Å². The first-order chi connectivity index (χ1) is 15.1. The van der Waals surface area contributed by atoms with Crippen LogP contribution in [0, 0.1) is 29.8 Å². The molecule has 0 saturated carbocycles. The first kappa shape index (κ1) is 22.9.